The fourth-order valence-electron chi connectivity index (χ4n) is 1.42. The van der Waals surface area contributed by atoms with Crippen LogP contribution in [0, 0.1) is 0 Å². The van der Waals surface area contributed by atoms with Crippen LogP contribution in [0.4, 0.5) is 0 Å². The number of aryl methyl sites for hydroxylation is 1. The normalized spacial score (nSPS) is 12.4. The van der Waals surface area contributed by atoms with Crippen molar-refractivity contribution in [1.29, 1.82) is 0 Å². The topological polar surface area (TPSA) is 90.2 Å². The minimum atomic E-state index is -1.13. The first-order valence-electron chi connectivity index (χ1n) is 5.55. The van der Waals surface area contributed by atoms with E-state index in [-0.39, 0.29) is 31.1 Å². The van der Waals surface area contributed by atoms with E-state index in [0.717, 1.165) is 5.56 Å². The van der Waals surface area contributed by atoms with Gasteiger partial charge in [-0.2, -0.15) is 0 Å². The van der Waals surface area contributed by atoms with E-state index in [1.54, 1.807) is 12.1 Å². The van der Waals surface area contributed by atoms with Gasteiger partial charge in [-0.15, -0.1) is 0 Å². The fraction of sp³-hybridized carbons (Fsp3) is 0.500. The van der Waals surface area contributed by atoms with E-state index in [1.807, 2.05) is 0 Å². The molecule has 0 spiro atoms. The summed E-state index contributed by atoms with van der Waals surface area (Å²) < 4.78 is 5.04. The highest BCUT2D eigenvalue weighted by Gasteiger charge is 2.09. The van der Waals surface area contributed by atoms with Crippen molar-refractivity contribution in [2.24, 2.45) is 0 Å². The molecule has 0 radical (unpaired) electrons. The van der Waals surface area contributed by atoms with Gasteiger partial charge in [0, 0.05) is 19.6 Å². The molecule has 0 aliphatic heterocycles. The van der Waals surface area contributed by atoms with Crippen molar-refractivity contribution in [3.8, 4) is 11.5 Å². The lowest BCUT2D eigenvalue weighted by molar-refractivity contribution is -0.0341. The number of rotatable bonds is 7. The molecule has 0 aliphatic rings. The second kappa shape index (κ2) is 7.11. The lowest BCUT2D eigenvalue weighted by atomic mass is 10.1. The second-order valence-corrected chi connectivity index (χ2v) is 3.71. The highest BCUT2D eigenvalue weighted by Crippen LogP contribution is 2.28. The van der Waals surface area contributed by atoms with E-state index in [0.29, 0.717) is 12.8 Å². The third-order valence-electron chi connectivity index (χ3n) is 2.29. The molecule has 17 heavy (non-hydrogen) atoms. The molecule has 0 saturated carbocycles. The number of benzene rings is 1. The van der Waals surface area contributed by atoms with Crippen LogP contribution in [-0.4, -0.2) is 39.9 Å². The maximum absolute atomic E-state index is 9.65. The van der Waals surface area contributed by atoms with E-state index in [9.17, 15) is 10.2 Å². The summed E-state index contributed by atoms with van der Waals surface area (Å²) in [5, 5.41) is 36.2. The van der Waals surface area contributed by atoms with Gasteiger partial charge in [0.15, 0.2) is 17.8 Å². The molecule has 96 valence electrons. The largest absolute Gasteiger partial charge is 0.504 e. The quantitative estimate of drug-likeness (QED) is 0.519. The van der Waals surface area contributed by atoms with Crippen LogP contribution < -0.4 is 4.74 Å². The molecule has 0 aromatic heterocycles. The van der Waals surface area contributed by atoms with E-state index in [4.69, 9.17) is 14.9 Å². The summed E-state index contributed by atoms with van der Waals surface area (Å²) in [7, 11) is 0. The summed E-state index contributed by atoms with van der Waals surface area (Å²) >= 11 is 0. The van der Waals surface area contributed by atoms with Crippen LogP contribution in [0.15, 0.2) is 18.2 Å². The van der Waals surface area contributed by atoms with E-state index >= 15 is 0 Å². The van der Waals surface area contributed by atoms with Crippen molar-refractivity contribution in [2.75, 3.05) is 13.2 Å². The van der Waals surface area contributed by atoms with Crippen LogP contribution in [0.1, 0.15) is 18.4 Å². The SMILES string of the molecule is OCCCc1ccc(OC(O)CCO)c(O)c1. The van der Waals surface area contributed by atoms with Crippen molar-refractivity contribution in [3.05, 3.63) is 23.8 Å². The third-order valence-corrected chi connectivity index (χ3v) is 2.29. The van der Waals surface area contributed by atoms with Gasteiger partial charge in [0.2, 0.25) is 0 Å². The number of aliphatic hydroxyl groups excluding tert-OH is 3. The van der Waals surface area contributed by atoms with Crippen molar-refractivity contribution < 1.29 is 25.2 Å². The van der Waals surface area contributed by atoms with Gasteiger partial charge in [0.1, 0.15) is 0 Å². The molecular weight excluding hydrogens is 224 g/mol. The molecule has 0 heterocycles. The zero-order valence-electron chi connectivity index (χ0n) is 9.54. The number of hydrogen-bond acceptors (Lipinski definition) is 5. The molecule has 0 saturated heterocycles. The summed E-state index contributed by atoms with van der Waals surface area (Å²) in [5.41, 5.74) is 0.889. The van der Waals surface area contributed by atoms with Crippen LogP contribution >= 0.6 is 0 Å². The molecule has 0 aliphatic carbocycles. The molecule has 0 bridgehead atoms. The number of aromatic hydroxyl groups is 1. The Labute approximate surface area is 99.9 Å². The minimum absolute atomic E-state index is 0.0579. The average molecular weight is 242 g/mol. The van der Waals surface area contributed by atoms with Gasteiger partial charge in [-0.05, 0) is 30.5 Å². The van der Waals surface area contributed by atoms with Crippen LogP contribution in [0.25, 0.3) is 0 Å². The average Bonchev–Trinajstić information content (AvgIpc) is 2.30. The highest BCUT2D eigenvalue weighted by atomic mass is 16.6. The van der Waals surface area contributed by atoms with E-state index < -0.39 is 6.29 Å². The third kappa shape index (κ3) is 4.60. The number of phenolic OH excluding ortho intramolecular Hbond substituents is 1. The monoisotopic (exact) mass is 242 g/mol. The van der Waals surface area contributed by atoms with Crippen molar-refractivity contribution in [1.82, 2.24) is 0 Å². The van der Waals surface area contributed by atoms with Gasteiger partial charge in [0.25, 0.3) is 0 Å². The Morgan fingerprint density at radius 3 is 2.53 bits per heavy atom. The lowest BCUT2D eigenvalue weighted by Crippen LogP contribution is -2.16. The molecule has 0 amide bonds. The van der Waals surface area contributed by atoms with Gasteiger partial charge in [-0.25, -0.2) is 0 Å². The minimum Gasteiger partial charge on any atom is -0.504 e. The highest BCUT2D eigenvalue weighted by molar-refractivity contribution is 5.41. The van der Waals surface area contributed by atoms with Crippen LogP contribution in [0.2, 0.25) is 0 Å². The number of phenols is 1. The number of ether oxygens (including phenoxy) is 1. The Morgan fingerprint density at radius 2 is 1.94 bits per heavy atom. The summed E-state index contributed by atoms with van der Waals surface area (Å²) in [6.07, 6.45) is 0.261. The number of hydrogen-bond donors (Lipinski definition) is 4. The smallest absolute Gasteiger partial charge is 0.199 e. The number of aliphatic hydroxyl groups is 3. The molecule has 1 rings (SSSR count). The van der Waals surface area contributed by atoms with Gasteiger partial charge >= 0.3 is 0 Å². The Kier molecular flexibility index (Phi) is 5.76. The summed E-state index contributed by atoms with van der Waals surface area (Å²) in [5.74, 6) is 0.121. The molecule has 1 aromatic rings. The molecule has 4 N–H and O–H groups in total. The van der Waals surface area contributed by atoms with Gasteiger partial charge in [0.05, 0.1) is 0 Å². The predicted octanol–water partition coefficient (Wildman–Crippen LogP) is 0.397. The van der Waals surface area contributed by atoms with Gasteiger partial charge in [-0.1, -0.05) is 6.07 Å². The molecule has 1 unspecified atom stereocenters. The Morgan fingerprint density at radius 1 is 1.18 bits per heavy atom. The van der Waals surface area contributed by atoms with E-state index in [2.05, 4.69) is 0 Å². The van der Waals surface area contributed by atoms with Crippen molar-refractivity contribution in [2.45, 2.75) is 25.6 Å². The first kappa shape index (κ1) is 13.8. The molecule has 1 aromatic carbocycles. The molecule has 1 atom stereocenters. The molecule has 0 fully saturated rings. The zero-order valence-corrected chi connectivity index (χ0v) is 9.54. The predicted molar refractivity (Wildman–Crippen MR) is 61.9 cm³/mol. The Bertz CT molecular complexity index is 340. The summed E-state index contributed by atoms with van der Waals surface area (Å²) in [4.78, 5) is 0. The Balaban J connectivity index is 2.62. The van der Waals surface area contributed by atoms with Crippen molar-refractivity contribution >= 4 is 0 Å². The fourth-order valence-corrected chi connectivity index (χ4v) is 1.42. The summed E-state index contributed by atoms with van der Waals surface area (Å²) in [6.45, 7) is -0.0786. The van der Waals surface area contributed by atoms with Crippen LogP contribution in [0.3, 0.4) is 0 Å². The zero-order chi connectivity index (χ0) is 12.7. The van der Waals surface area contributed by atoms with Crippen LogP contribution in [0.5, 0.6) is 11.5 Å². The molecule has 5 nitrogen and oxygen atoms in total. The molecular formula is C12H18O5. The second-order valence-electron chi connectivity index (χ2n) is 3.71. The summed E-state index contributed by atoms with van der Waals surface area (Å²) in [6, 6.07) is 4.86. The van der Waals surface area contributed by atoms with Crippen LogP contribution in [-0.2, 0) is 6.42 Å². The maximum Gasteiger partial charge on any atom is 0.199 e. The maximum atomic E-state index is 9.65. The first-order chi connectivity index (χ1) is 8.17. The van der Waals surface area contributed by atoms with E-state index in [1.165, 1.54) is 6.07 Å². The first-order valence-corrected chi connectivity index (χ1v) is 5.55. The Hall–Kier alpha value is -1.30. The molecule has 5 heteroatoms. The van der Waals surface area contributed by atoms with Crippen molar-refractivity contribution in [3.63, 3.8) is 0 Å². The van der Waals surface area contributed by atoms with Gasteiger partial charge < -0.3 is 25.2 Å². The lowest BCUT2D eigenvalue weighted by Gasteiger charge is -2.14. The standard InChI is InChI=1S/C12H18O5/c13-6-1-2-9-3-4-11(10(15)8-9)17-12(16)5-7-14/h3-4,8,12-16H,1-2,5-7H2. The van der Waals surface area contributed by atoms with Gasteiger partial charge in [-0.3, -0.25) is 0 Å².